The number of carbonyl (C=O) groups is 2. The lowest BCUT2D eigenvalue weighted by molar-refractivity contribution is -0.147. The summed E-state index contributed by atoms with van der Waals surface area (Å²) in [5.41, 5.74) is 2.93. The lowest BCUT2D eigenvalue weighted by Gasteiger charge is -2.29. The van der Waals surface area contributed by atoms with Crippen molar-refractivity contribution >= 4 is 22.9 Å². The van der Waals surface area contributed by atoms with E-state index in [0.29, 0.717) is 38.9 Å². The monoisotopic (exact) mass is 438 g/mol. The van der Waals surface area contributed by atoms with Gasteiger partial charge in [-0.05, 0) is 62.9 Å². The van der Waals surface area contributed by atoms with Gasteiger partial charge in [0.25, 0.3) is 0 Å². The second kappa shape index (κ2) is 8.68. The van der Waals surface area contributed by atoms with Crippen LogP contribution in [0, 0.1) is 11.2 Å². The topological polar surface area (TPSA) is 88.3 Å². The van der Waals surface area contributed by atoms with Gasteiger partial charge in [0, 0.05) is 30.2 Å². The maximum absolute atomic E-state index is 13.3. The molecule has 1 amide bonds. The van der Waals surface area contributed by atoms with Gasteiger partial charge in [-0.2, -0.15) is 0 Å². The van der Waals surface area contributed by atoms with E-state index >= 15 is 0 Å². The zero-order valence-electron chi connectivity index (χ0n) is 18.3. The number of carboxylic acids is 1. The molecule has 3 aromatic rings. The number of nitrogens with zero attached hydrogens (tertiary/aromatic N) is 4. The number of rotatable bonds is 7. The molecule has 3 aromatic heterocycles. The Morgan fingerprint density at radius 1 is 1.22 bits per heavy atom. The highest BCUT2D eigenvalue weighted by molar-refractivity contribution is 5.84. The van der Waals surface area contributed by atoms with Crippen LogP contribution in [-0.2, 0) is 29.1 Å². The summed E-state index contributed by atoms with van der Waals surface area (Å²) in [6.45, 7) is 4.90. The number of fused-ring (bicyclic) bond motifs is 3. The van der Waals surface area contributed by atoms with Crippen molar-refractivity contribution < 1.29 is 19.1 Å². The number of hydrogen-bond donors (Lipinski definition) is 1. The molecule has 4 rings (SSSR count). The normalized spacial score (nSPS) is 13.9. The third kappa shape index (κ3) is 4.35. The highest BCUT2D eigenvalue weighted by Crippen LogP contribution is 2.31. The van der Waals surface area contributed by atoms with E-state index in [2.05, 4.69) is 14.5 Å². The van der Waals surface area contributed by atoms with Crippen LogP contribution in [0.5, 0.6) is 0 Å². The second-order valence-electron chi connectivity index (χ2n) is 8.96. The Bertz CT molecular complexity index is 1150. The quantitative estimate of drug-likeness (QED) is 0.606. The van der Waals surface area contributed by atoms with Crippen LogP contribution < -0.4 is 0 Å². The Labute approximate surface area is 185 Å². The molecule has 1 aliphatic heterocycles. The Morgan fingerprint density at radius 2 is 2.03 bits per heavy atom. The molecule has 168 valence electrons. The molecule has 1 aliphatic rings. The van der Waals surface area contributed by atoms with Crippen LogP contribution in [0.3, 0.4) is 0 Å². The van der Waals surface area contributed by atoms with Crippen molar-refractivity contribution in [2.24, 2.45) is 5.41 Å². The fourth-order valence-corrected chi connectivity index (χ4v) is 4.25. The summed E-state index contributed by atoms with van der Waals surface area (Å²) < 4.78 is 15.4. The van der Waals surface area contributed by atoms with Crippen molar-refractivity contribution in [1.82, 2.24) is 19.4 Å². The van der Waals surface area contributed by atoms with Crippen LogP contribution in [0.4, 0.5) is 4.39 Å². The van der Waals surface area contributed by atoms with Crippen LogP contribution in [0.15, 0.2) is 36.7 Å². The van der Waals surface area contributed by atoms with Crippen molar-refractivity contribution in [2.75, 3.05) is 6.54 Å². The van der Waals surface area contributed by atoms with Gasteiger partial charge in [0.1, 0.15) is 11.5 Å². The maximum Gasteiger partial charge on any atom is 0.309 e. The van der Waals surface area contributed by atoms with E-state index in [1.165, 1.54) is 17.8 Å². The molecule has 4 heterocycles. The van der Waals surface area contributed by atoms with Gasteiger partial charge in [0.15, 0.2) is 0 Å². The first-order chi connectivity index (χ1) is 15.3. The molecule has 0 atom stereocenters. The number of carbonyl (C=O) groups excluding carboxylic acids is 1. The first-order valence-electron chi connectivity index (χ1n) is 10.8. The van der Waals surface area contributed by atoms with E-state index in [1.54, 1.807) is 26.1 Å². The largest absolute Gasteiger partial charge is 0.481 e. The van der Waals surface area contributed by atoms with Gasteiger partial charge in [-0.15, -0.1) is 0 Å². The smallest absolute Gasteiger partial charge is 0.309 e. The minimum atomic E-state index is -0.848. The number of amides is 1. The van der Waals surface area contributed by atoms with Crippen LogP contribution in [0.2, 0.25) is 0 Å². The predicted octanol–water partition coefficient (Wildman–Crippen LogP) is 3.78. The molecule has 7 nitrogen and oxygen atoms in total. The SMILES string of the molecule is CC(C)(CCCC(=O)N1CCc2c(n(Cc3ccc(F)cn3)c3ncccc23)C1)C(=O)O. The molecule has 0 saturated heterocycles. The predicted molar refractivity (Wildman–Crippen MR) is 117 cm³/mol. The molecule has 0 saturated carbocycles. The molecule has 32 heavy (non-hydrogen) atoms. The van der Waals surface area contributed by atoms with Gasteiger partial charge in [-0.1, -0.05) is 0 Å². The van der Waals surface area contributed by atoms with Gasteiger partial charge in [-0.25, -0.2) is 9.37 Å². The summed E-state index contributed by atoms with van der Waals surface area (Å²) in [4.78, 5) is 34.8. The number of hydrogen-bond acceptors (Lipinski definition) is 4. The number of aromatic nitrogens is 3. The highest BCUT2D eigenvalue weighted by atomic mass is 19.1. The summed E-state index contributed by atoms with van der Waals surface area (Å²) in [5.74, 6) is -1.20. The average molecular weight is 439 g/mol. The van der Waals surface area contributed by atoms with Crippen molar-refractivity contribution in [3.05, 3.63) is 59.4 Å². The molecule has 0 aliphatic carbocycles. The minimum absolute atomic E-state index is 0.0292. The van der Waals surface area contributed by atoms with E-state index in [0.717, 1.165) is 28.8 Å². The first-order valence-corrected chi connectivity index (χ1v) is 10.8. The molecule has 8 heteroatoms. The zero-order chi connectivity index (χ0) is 22.9. The summed E-state index contributed by atoms with van der Waals surface area (Å²) in [7, 11) is 0. The first kappa shape index (κ1) is 21.9. The summed E-state index contributed by atoms with van der Waals surface area (Å²) >= 11 is 0. The van der Waals surface area contributed by atoms with Gasteiger partial charge >= 0.3 is 5.97 Å². The number of pyridine rings is 2. The fraction of sp³-hybridized carbons (Fsp3) is 0.417. The second-order valence-corrected chi connectivity index (χ2v) is 8.96. The van der Waals surface area contributed by atoms with E-state index < -0.39 is 11.4 Å². The lowest BCUT2D eigenvalue weighted by Crippen LogP contribution is -2.36. The molecule has 0 unspecified atom stereocenters. The molecular formula is C24H27FN4O3. The van der Waals surface area contributed by atoms with E-state index in [-0.39, 0.29) is 11.7 Å². The minimum Gasteiger partial charge on any atom is -0.481 e. The van der Waals surface area contributed by atoms with Gasteiger partial charge in [-0.3, -0.25) is 14.6 Å². The van der Waals surface area contributed by atoms with Gasteiger partial charge in [0.05, 0.1) is 30.4 Å². The fourth-order valence-electron chi connectivity index (χ4n) is 4.25. The van der Waals surface area contributed by atoms with E-state index in [9.17, 15) is 19.1 Å². The van der Waals surface area contributed by atoms with Crippen LogP contribution in [0.1, 0.15) is 50.1 Å². The number of carboxylic acid groups (broad SMARTS) is 1. The Kier molecular flexibility index (Phi) is 5.95. The number of aliphatic carboxylic acids is 1. The van der Waals surface area contributed by atoms with E-state index in [1.807, 2.05) is 17.0 Å². The van der Waals surface area contributed by atoms with Gasteiger partial charge < -0.3 is 14.6 Å². The van der Waals surface area contributed by atoms with Crippen LogP contribution in [-0.4, -0.2) is 43.0 Å². The van der Waals surface area contributed by atoms with Crippen LogP contribution in [0.25, 0.3) is 11.0 Å². The van der Waals surface area contributed by atoms with E-state index in [4.69, 9.17) is 0 Å². The van der Waals surface area contributed by atoms with Crippen molar-refractivity contribution in [3.8, 4) is 0 Å². The Hall–Kier alpha value is -3.29. The Morgan fingerprint density at radius 3 is 2.75 bits per heavy atom. The van der Waals surface area contributed by atoms with Crippen molar-refractivity contribution in [1.29, 1.82) is 0 Å². The van der Waals surface area contributed by atoms with Crippen LogP contribution >= 0.6 is 0 Å². The molecule has 0 fully saturated rings. The molecule has 0 radical (unpaired) electrons. The third-order valence-corrected chi connectivity index (χ3v) is 6.25. The molecule has 0 spiro atoms. The van der Waals surface area contributed by atoms with Gasteiger partial charge in [0.2, 0.25) is 5.91 Å². The zero-order valence-corrected chi connectivity index (χ0v) is 18.3. The third-order valence-electron chi connectivity index (χ3n) is 6.25. The lowest BCUT2D eigenvalue weighted by atomic mass is 9.87. The Balaban J connectivity index is 1.55. The summed E-state index contributed by atoms with van der Waals surface area (Å²) in [6.07, 6.45) is 4.99. The highest BCUT2D eigenvalue weighted by Gasteiger charge is 2.29. The average Bonchev–Trinajstić information content (AvgIpc) is 3.08. The van der Waals surface area contributed by atoms with Crippen molar-refractivity contribution in [3.63, 3.8) is 0 Å². The molecular weight excluding hydrogens is 411 g/mol. The standard InChI is InChI=1S/C24H27FN4O3/c1-24(2,23(31)32)10-3-6-21(30)28-12-9-18-19-5-4-11-26-22(19)29(20(18)15-28)14-17-8-7-16(25)13-27-17/h4-5,7-8,11,13H,3,6,9-10,12,14-15H2,1-2H3,(H,31,32). The molecule has 1 N–H and O–H groups in total. The molecule has 0 aromatic carbocycles. The summed E-state index contributed by atoms with van der Waals surface area (Å²) in [6, 6.07) is 7.00. The maximum atomic E-state index is 13.3. The number of halogens is 1. The summed E-state index contributed by atoms with van der Waals surface area (Å²) in [5, 5.41) is 10.3. The molecule has 0 bridgehead atoms. The van der Waals surface area contributed by atoms with Crippen molar-refractivity contribution in [2.45, 2.75) is 52.6 Å².